The first kappa shape index (κ1) is 16.8. The molecule has 0 bridgehead atoms. The van der Waals surface area contributed by atoms with E-state index in [1.54, 1.807) is 17.0 Å². The molecular formula is C16H20F3NO2. The van der Waals surface area contributed by atoms with E-state index in [1.165, 1.54) is 0 Å². The second-order valence-electron chi connectivity index (χ2n) is 5.99. The zero-order chi connectivity index (χ0) is 16.5. The summed E-state index contributed by atoms with van der Waals surface area (Å²) in [7, 11) is 0. The third-order valence-electron chi connectivity index (χ3n) is 4.08. The minimum absolute atomic E-state index is 0.160. The molecule has 122 valence electrons. The van der Waals surface area contributed by atoms with Crippen LogP contribution in [0.5, 0.6) is 0 Å². The molecule has 1 saturated heterocycles. The number of aliphatic hydroxyl groups is 1. The minimum Gasteiger partial charge on any atom is -0.383 e. The summed E-state index contributed by atoms with van der Waals surface area (Å²) in [6, 6.07) is 5.53. The van der Waals surface area contributed by atoms with Crippen LogP contribution >= 0.6 is 0 Å². The average Bonchev–Trinajstić information content (AvgIpc) is 2.44. The summed E-state index contributed by atoms with van der Waals surface area (Å²) in [5.74, 6) is -0.991. The van der Waals surface area contributed by atoms with E-state index in [-0.39, 0.29) is 31.8 Å². The molecule has 0 spiro atoms. The number of rotatable bonds is 2. The number of nitrogens with zero attached hydrogens (tertiary/aromatic N) is 1. The van der Waals surface area contributed by atoms with Gasteiger partial charge in [-0.15, -0.1) is 0 Å². The van der Waals surface area contributed by atoms with Crippen molar-refractivity contribution in [2.45, 2.75) is 39.0 Å². The Morgan fingerprint density at radius 3 is 2.14 bits per heavy atom. The molecule has 0 radical (unpaired) electrons. The average molecular weight is 315 g/mol. The maximum atomic E-state index is 12.5. The molecule has 3 nitrogen and oxygen atoms in total. The van der Waals surface area contributed by atoms with Crippen molar-refractivity contribution in [3.8, 4) is 0 Å². The number of aliphatic hydroxyl groups excluding tert-OH is 1. The first-order valence-corrected chi connectivity index (χ1v) is 7.31. The summed E-state index contributed by atoms with van der Waals surface area (Å²) in [5.41, 5.74) is 2.52. The maximum Gasteiger partial charge on any atom is 0.414 e. The van der Waals surface area contributed by atoms with Crippen molar-refractivity contribution < 1.29 is 23.1 Å². The highest BCUT2D eigenvalue weighted by Crippen LogP contribution is 2.32. The van der Waals surface area contributed by atoms with E-state index in [1.807, 2.05) is 19.9 Å². The Bertz CT molecular complexity index is 529. The molecule has 6 heteroatoms. The maximum absolute atomic E-state index is 12.5. The predicted molar refractivity (Wildman–Crippen MR) is 76.6 cm³/mol. The third kappa shape index (κ3) is 3.80. The first-order valence-electron chi connectivity index (χ1n) is 7.31. The number of alkyl halides is 3. The van der Waals surface area contributed by atoms with Crippen LogP contribution < -0.4 is 0 Å². The van der Waals surface area contributed by atoms with E-state index < -0.39 is 18.2 Å². The number of amides is 1. The van der Waals surface area contributed by atoms with Gasteiger partial charge in [0.25, 0.3) is 5.91 Å². The number of benzene rings is 1. The van der Waals surface area contributed by atoms with Crippen molar-refractivity contribution in [2.24, 2.45) is 5.92 Å². The smallest absolute Gasteiger partial charge is 0.383 e. The molecule has 22 heavy (non-hydrogen) atoms. The third-order valence-corrected chi connectivity index (χ3v) is 4.08. The Balaban J connectivity index is 2.01. The summed E-state index contributed by atoms with van der Waals surface area (Å²) < 4.78 is 37.5. The van der Waals surface area contributed by atoms with Crippen LogP contribution in [0.2, 0.25) is 0 Å². The SMILES string of the molecule is Cc1cc(C)cc(C(=O)N2CCC(C(O)C(F)(F)F)CC2)c1. The fourth-order valence-electron chi connectivity index (χ4n) is 2.97. The highest BCUT2D eigenvalue weighted by Gasteiger charge is 2.44. The molecule has 1 aliphatic rings. The molecule has 1 N–H and O–H groups in total. The molecular weight excluding hydrogens is 295 g/mol. The van der Waals surface area contributed by atoms with Gasteiger partial charge in [0.05, 0.1) is 0 Å². The summed E-state index contributed by atoms with van der Waals surface area (Å²) >= 11 is 0. The van der Waals surface area contributed by atoms with Crippen molar-refractivity contribution in [2.75, 3.05) is 13.1 Å². The summed E-state index contributed by atoms with van der Waals surface area (Å²) in [5, 5.41) is 9.30. The van der Waals surface area contributed by atoms with E-state index in [9.17, 15) is 23.1 Å². The Labute approximate surface area is 127 Å². The van der Waals surface area contributed by atoms with Crippen LogP contribution in [0.1, 0.15) is 34.3 Å². The molecule has 0 aromatic heterocycles. The second kappa shape index (κ2) is 6.28. The standard InChI is InChI=1S/C16H20F3NO2/c1-10-7-11(2)9-13(8-10)15(22)20-5-3-12(4-6-20)14(21)16(17,18)19/h7-9,12,14,21H,3-6H2,1-2H3. The van der Waals surface area contributed by atoms with Gasteiger partial charge in [-0.25, -0.2) is 0 Å². The van der Waals surface area contributed by atoms with Gasteiger partial charge in [-0.05, 0) is 44.7 Å². The Kier molecular flexibility index (Phi) is 4.80. The molecule has 1 aromatic rings. The number of carbonyl (C=O) groups excluding carboxylic acids is 1. The molecule has 2 rings (SSSR count). The molecule has 1 aromatic carbocycles. The van der Waals surface area contributed by atoms with E-state index in [0.717, 1.165) is 11.1 Å². The van der Waals surface area contributed by atoms with Crippen molar-refractivity contribution in [1.29, 1.82) is 0 Å². The number of piperidine rings is 1. The van der Waals surface area contributed by atoms with Crippen molar-refractivity contribution in [1.82, 2.24) is 4.90 Å². The monoisotopic (exact) mass is 315 g/mol. The number of hydrogen-bond donors (Lipinski definition) is 1. The molecule has 0 aliphatic carbocycles. The number of carbonyl (C=O) groups is 1. The van der Waals surface area contributed by atoms with Crippen LogP contribution in [0.4, 0.5) is 13.2 Å². The number of hydrogen-bond acceptors (Lipinski definition) is 2. The summed E-state index contributed by atoms with van der Waals surface area (Å²) in [6.45, 7) is 4.28. The fourth-order valence-corrected chi connectivity index (χ4v) is 2.97. The van der Waals surface area contributed by atoms with Crippen molar-refractivity contribution in [3.05, 3.63) is 34.9 Å². The van der Waals surface area contributed by atoms with Crippen LogP contribution in [0.25, 0.3) is 0 Å². The lowest BCUT2D eigenvalue weighted by molar-refractivity contribution is -0.222. The van der Waals surface area contributed by atoms with Crippen LogP contribution in [0, 0.1) is 19.8 Å². The molecule has 1 heterocycles. The van der Waals surface area contributed by atoms with Crippen LogP contribution in [-0.2, 0) is 0 Å². The molecule has 1 aliphatic heterocycles. The van der Waals surface area contributed by atoms with E-state index in [0.29, 0.717) is 5.56 Å². The zero-order valence-corrected chi connectivity index (χ0v) is 12.7. The fraction of sp³-hybridized carbons (Fsp3) is 0.562. The van der Waals surface area contributed by atoms with Crippen molar-refractivity contribution >= 4 is 5.91 Å². The quantitative estimate of drug-likeness (QED) is 0.911. The Morgan fingerprint density at radius 2 is 1.68 bits per heavy atom. The Morgan fingerprint density at radius 1 is 1.18 bits per heavy atom. The van der Waals surface area contributed by atoms with Gasteiger partial charge < -0.3 is 10.0 Å². The first-order chi connectivity index (χ1) is 10.2. The normalized spacial score (nSPS) is 18.4. The Hall–Kier alpha value is -1.56. The lowest BCUT2D eigenvalue weighted by Gasteiger charge is -2.34. The molecule has 1 amide bonds. The molecule has 0 saturated carbocycles. The van der Waals surface area contributed by atoms with Crippen LogP contribution in [-0.4, -0.2) is 41.3 Å². The topological polar surface area (TPSA) is 40.5 Å². The van der Waals surface area contributed by atoms with Gasteiger partial charge in [-0.1, -0.05) is 17.2 Å². The van der Waals surface area contributed by atoms with Gasteiger partial charge in [-0.3, -0.25) is 4.79 Å². The van der Waals surface area contributed by atoms with Gasteiger partial charge >= 0.3 is 6.18 Å². The van der Waals surface area contributed by atoms with Gasteiger partial charge in [0.15, 0.2) is 6.10 Å². The lowest BCUT2D eigenvalue weighted by Crippen LogP contribution is -2.45. The summed E-state index contributed by atoms with van der Waals surface area (Å²) in [6.07, 6.45) is -6.56. The van der Waals surface area contributed by atoms with Crippen molar-refractivity contribution in [3.63, 3.8) is 0 Å². The number of aryl methyl sites for hydroxylation is 2. The molecule has 1 fully saturated rings. The highest BCUT2D eigenvalue weighted by molar-refractivity contribution is 5.94. The van der Waals surface area contributed by atoms with Crippen LogP contribution in [0.3, 0.4) is 0 Å². The second-order valence-corrected chi connectivity index (χ2v) is 5.99. The van der Waals surface area contributed by atoms with Crippen LogP contribution in [0.15, 0.2) is 18.2 Å². The van der Waals surface area contributed by atoms with E-state index >= 15 is 0 Å². The molecule has 1 atom stereocenters. The lowest BCUT2D eigenvalue weighted by atomic mass is 9.90. The minimum atomic E-state index is -4.59. The highest BCUT2D eigenvalue weighted by atomic mass is 19.4. The largest absolute Gasteiger partial charge is 0.414 e. The van der Waals surface area contributed by atoms with Gasteiger partial charge in [0.1, 0.15) is 0 Å². The van der Waals surface area contributed by atoms with Gasteiger partial charge in [0, 0.05) is 18.7 Å². The van der Waals surface area contributed by atoms with E-state index in [2.05, 4.69) is 0 Å². The molecule has 1 unspecified atom stereocenters. The van der Waals surface area contributed by atoms with Gasteiger partial charge in [-0.2, -0.15) is 13.2 Å². The summed E-state index contributed by atoms with van der Waals surface area (Å²) in [4.78, 5) is 14.0. The predicted octanol–water partition coefficient (Wildman–Crippen LogP) is 3.08. The zero-order valence-electron chi connectivity index (χ0n) is 12.7. The van der Waals surface area contributed by atoms with E-state index in [4.69, 9.17) is 0 Å². The number of likely N-dealkylation sites (tertiary alicyclic amines) is 1. The number of halogens is 3. The van der Waals surface area contributed by atoms with Gasteiger partial charge in [0.2, 0.25) is 0 Å².